The van der Waals surface area contributed by atoms with Gasteiger partial charge in [0.2, 0.25) is 5.78 Å². The van der Waals surface area contributed by atoms with Crippen molar-refractivity contribution in [2.24, 2.45) is 0 Å². The van der Waals surface area contributed by atoms with Gasteiger partial charge in [0, 0.05) is 25.3 Å². The van der Waals surface area contributed by atoms with Crippen LogP contribution in [0.4, 0.5) is 5.69 Å². The van der Waals surface area contributed by atoms with Crippen molar-refractivity contribution in [2.45, 2.75) is 32.3 Å². The van der Waals surface area contributed by atoms with Crippen LogP contribution in [0.5, 0.6) is 0 Å². The molecule has 1 aliphatic carbocycles. The zero-order chi connectivity index (χ0) is 21.0. The second-order valence-electron chi connectivity index (χ2n) is 7.40. The van der Waals surface area contributed by atoms with Crippen LogP contribution >= 0.6 is 0 Å². The molecule has 0 N–H and O–H groups in total. The van der Waals surface area contributed by atoms with Crippen molar-refractivity contribution in [3.63, 3.8) is 0 Å². The minimum absolute atomic E-state index is 0.142. The van der Waals surface area contributed by atoms with E-state index in [1.807, 2.05) is 61.5 Å². The van der Waals surface area contributed by atoms with Crippen molar-refractivity contribution in [3.8, 4) is 6.07 Å². The molecule has 0 saturated carbocycles. The molecule has 1 aliphatic rings. The van der Waals surface area contributed by atoms with E-state index in [9.17, 15) is 14.9 Å². The van der Waals surface area contributed by atoms with E-state index in [0.717, 1.165) is 24.9 Å². The molecule has 0 unspecified atom stereocenters. The summed E-state index contributed by atoms with van der Waals surface area (Å²) in [5.74, 6) is -1.06. The van der Waals surface area contributed by atoms with Crippen LogP contribution in [0, 0.1) is 11.3 Å². The van der Waals surface area contributed by atoms with E-state index in [4.69, 9.17) is 4.74 Å². The number of hydrogen-bond acceptors (Lipinski definition) is 5. The van der Waals surface area contributed by atoms with Gasteiger partial charge in [-0.3, -0.25) is 4.79 Å². The van der Waals surface area contributed by atoms with Crippen LogP contribution in [-0.4, -0.2) is 32.0 Å². The highest BCUT2D eigenvalue weighted by Gasteiger charge is 2.23. The second kappa shape index (κ2) is 8.74. The van der Waals surface area contributed by atoms with E-state index in [1.165, 1.54) is 24.1 Å². The Hall–Kier alpha value is -3.39. The van der Waals surface area contributed by atoms with Crippen LogP contribution in [-0.2, 0) is 22.4 Å². The minimum atomic E-state index is -0.963. The van der Waals surface area contributed by atoms with Crippen LogP contribution in [0.1, 0.15) is 40.4 Å². The minimum Gasteiger partial charge on any atom is -0.450 e. The molecule has 0 saturated heterocycles. The predicted octanol–water partition coefficient (Wildman–Crippen LogP) is 3.96. The lowest BCUT2D eigenvalue weighted by molar-refractivity contribution is -0.141. The highest BCUT2D eigenvalue weighted by Crippen LogP contribution is 2.24. The summed E-state index contributed by atoms with van der Waals surface area (Å²) in [4.78, 5) is 27.0. The van der Waals surface area contributed by atoms with Crippen molar-refractivity contribution < 1.29 is 14.3 Å². The maximum atomic E-state index is 12.7. The molecule has 0 aromatic heterocycles. The fourth-order valence-electron chi connectivity index (χ4n) is 3.41. The quantitative estimate of drug-likeness (QED) is 0.324. The maximum Gasteiger partial charge on any atom is 0.349 e. The molecule has 1 atom stereocenters. The Labute approximate surface area is 171 Å². The van der Waals surface area contributed by atoms with Gasteiger partial charge in [-0.05, 0) is 67.2 Å². The molecule has 2 aromatic carbocycles. The standard InChI is InChI=1S/C24H24N2O3/c1-16(23(27)20-10-9-18-5-4-6-19(18)14-20)29-24(28)21(15-25)13-17-7-11-22(12-8-17)26(2)3/h7-14,16H,4-6H2,1-3H3/b21-13+/t16-/m1/s1. The lowest BCUT2D eigenvalue weighted by Gasteiger charge is -2.13. The summed E-state index contributed by atoms with van der Waals surface area (Å²) in [5, 5.41) is 9.36. The number of benzene rings is 2. The van der Waals surface area contributed by atoms with Crippen LogP contribution in [0.3, 0.4) is 0 Å². The molecule has 5 nitrogen and oxygen atoms in total. The van der Waals surface area contributed by atoms with Gasteiger partial charge in [0.15, 0.2) is 6.10 Å². The number of rotatable bonds is 6. The fraction of sp³-hybridized carbons (Fsp3) is 0.292. The van der Waals surface area contributed by atoms with Gasteiger partial charge in [0.1, 0.15) is 11.6 Å². The Bertz CT molecular complexity index is 998. The molecule has 0 amide bonds. The zero-order valence-corrected chi connectivity index (χ0v) is 16.9. The van der Waals surface area contributed by atoms with Gasteiger partial charge in [-0.2, -0.15) is 5.26 Å². The topological polar surface area (TPSA) is 70.4 Å². The Balaban J connectivity index is 1.70. The molecule has 148 valence electrons. The van der Waals surface area contributed by atoms with Crippen LogP contribution in [0.25, 0.3) is 6.08 Å². The summed E-state index contributed by atoms with van der Waals surface area (Å²) >= 11 is 0. The molecule has 5 heteroatoms. The van der Waals surface area contributed by atoms with Gasteiger partial charge >= 0.3 is 5.97 Å². The van der Waals surface area contributed by atoms with Crippen molar-refractivity contribution in [1.29, 1.82) is 5.26 Å². The van der Waals surface area contributed by atoms with Crippen molar-refractivity contribution in [3.05, 3.63) is 70.3 Å². The van der Waals surface area contributed by atoms with Gasteiger partial charge in [-0.25, -0.2) is 4.79 Å². The molecule has 0 bridgehead atoms. The number of anilines is 1. The van der Waals surface area contributed by atoms with E-state index in [2.05, 4.69) is 0 Å². The first kappa shape index (κ1) is 20.3. The molecular formula is C24H24N2O3. The predicted molar refractivity (Wildman–Crippen MR) is 113 cm³/mol. The lowest BCUT2D eigenvalue weighted by atomic mass is 10.0. The Morgan fingerprint density at radius 3 is 2.45 bits per heavy atom. The van der Waals surface area contributed by atoms with Crippen LogP contribution in [0.15, 0.2) is 48.0 Å². The molecule has 29 heavy (non-hydrogen) atoms. The number of ketones is 1. The van der Waals surface area contributed by atoms with Gasteiger partial charge < -0.3 is 9.64 Å². The summed E-state index contributed by atoms with van der Waals surface area (Å²) < 4.78 is 5.29. The number of nitriles is 1. The first-order chi connectivity index (χ1) is 13.9. The Kier molecular flexibility index (Phi) is 6.13. The third-order valence-corrected chi connectivity index (χ3v) is 5.10. The number of esters is 1. The van der Waals surface area contributed by atoms with Crippen LogP contribution in [0.2, 0.25) is 0 Å². The maximum absolute atomic E-state index is 12.7. The average molecular weight is 388 g/mol. The number of fused-ring (bicyclic) bond motifs is 1. The highest BCUT2D eigenvalue weighted by atomic mass is 16.5. The molecule has 0 fully saturated rings. The SMILES string of the molecule is C[C@@H](OC(=O)/C(C#N)=C/c1ccc(N(C)C)cc1)C(=O)c1ccc2c(c1)CCC2. The number of carbonyl (C=O) groups is 2. The van der Waals surface area contributed by atoms with Crippen LogP contribution < -0.4 is 4.90 Å². The number of ether oxygens (including phenoxy) is 1. The number of hydrogen-bond donors (Lipinski definition) is 0. The van der Waals surface area contributed by atoms with E-state index >= 15 is 0 Å². The number of nitrogens with zero attached hydrogens (tertiary/aromatic N) is 2. The van der Waals surface area contributed by atoms with Gasteiger partial charge in [0.25, 0.3) is 0 Å². The largest absolute Gasteiger partial charge is 0.450 e. The smallest absolute Gasteiger partial charge is 0.349 e. The first-order valence-electron chi connectivity index (χ1n) is 9.65. The zero-order valence-electron chi connectivity index (χ0n) is 16.9. The van der Waals surface area contributed by atoms with Gasteiger partial charge in [-0.15, -0.1) is 0 Å². The summed E-state index contributed by atoms with van der Waals surface area (Å²) in [5.41, 5.74) is 4.58. The summed E-state index contributed by atoms with van der Waals surface area (Å²) in [6.45, 7) is 1.54. The number of carbonyl (C=O) groups excluding carboxylic acids is 2. The molecule has 0 spiro atoms. The summed E-state index contributed by atoms with van der Waals surface area (Å²) in [7, 11) is 3.87. The Morgan fingerprint density at radius 1 is 1.10 bits per heavy atom. The Morgan fingerprint density at radius 2 is 1.79 bits per heavy atom. The second-order valence-corrected chi connectivity index (χ2v) is 7.40. The summed E-state index contributed by atoms with van der Waals surface area (Å²) in [6, 6.07) is 14.9. The molecular weight excluding hydrogens is 364 g/mol. The highest BCUT2D eigenvalue weighted by molar-refractivity contribution is 6.03. The van der Waals surface area contributed by atoms with Gasteiger partial charge in [0.05, 0.1) is 0 Å². The third-order valence-electron chi connectivity index (χ3n) is 5.10. The molecule has 0 aliphatic heterocycles. The number of aryl methyl sites for hydroxylation is 2. The van der Waals surface area contributed by atoms with E-state index in [0.29, 0.717) is 11.1 Å². The normalized spacial score (nSPS) is 13.9. The molecule has 3 rings (SSSR count). The van der Waals surface area contributed by atoms with Crippen molar-refractivity contribution in [1.82, 2.24) is 0 Å². The average Bonchev–Trinajstić information content (AvgIpc) is 3.19. The van der Waals surface area contributed by atoms with E-state index in [1.54, 1.807) is 6.07 Å². The third kappa shape index (κ3) is 4.72. The van der Waals surface area contributed by atoms with Crippen molar-refractivity contribution in [2.75, 3.05) is 19.0 Å². The van der Waals surface area contributed by atoms with Crippen molar-refractivity contribution >= 4 is 23.5 Å². The van der Waals surface area contributed by atoms with E-state index < -0.39 is 12.1 Å². The fourth-order valence-corrected chi connectivity index (χ4v) is 3.41. The molecule has 0 radical (unpaired) electrons. The lowest BCUT2D eigenvalue weighted by Crippen LogP contribution is -2.25. The van der Waals surface area contributed by atoms with Gasteiger partial charge in [-0.1, -0.05) is 24.3 Å². The molecule has 2 aromatic rings. The summed E-state index contributed by atoms with van der Waals surface area (Å²) in [6.07, 6.45) is 3.62. The monoisotopic (exact) mass is 388 g/mol. The van der Waals surface area contributed by atoms with E-state index in [-0.39, 0.29) is 11.4 Å². The number of Topliss-reactive ketones (excluding diaryl/α,β-unsaturated/α-hetero) is 1. The molecule has 0 heterocycles. The first-order valence-corrected chi connectivity index (χ1v) is 9.65.